The Balaban J connectivity index is 1.48. The zero-order chi connectivity index (χ0) is 27.6. The number of likely N-dealkylation sites (tertiary alicyclic amines) is 2. The molecule has 2 aliphatic rings. The van der Waals surface area contributed by atoms with E-state index in [-0.39, 0.29) is 22.8 Å². The van der Waals surface area contributed by atoms with Crippen molar-refractivity contribution in [2.24, 2.45) is 0 Å². The molecule has 1 unspecified atom stereocenters. The number of carbonyl (C=O) groups is 2. The van der Waals surface area contributed by atoms with E-state index in [1.807, 2.05) is 4.90 Å². The molecular weight excluding hydrogens is 524 g/mol. The van der Waals surface area contributed by atoms with Gasteiger partial charge < -0.3 is 14.7 Å². The van der Waals surface area contributed by atoms with E-state index in [2.05, 4.69) is 18.7 Å². The lowest BCUT2D eigenvalue weighted by atomic mass is 10.00. The van der Waals surface area contributed by atoms with Crippen molar-refractivity contribution < 1.29 is 18.0 Å². The SMILES string of the molecule is CCN(CC)CC1CCCCN1C(=O)[C@H](C)N1CC[C@@H](N(C)S(=O)(=O)c2ccc3cc(Cl)ccc3c2)C1=O. The monoisotopic (exact) mass is 562 g/mol. The molecule has 2 aliphatic heterocycles. The summed E-state index contributed by atoms with van der Waals surface area (Å²) in [6.07, 6.45) is 3.37. The molecule has 2 saturated heterocycles. The molecule has 2 aromatic rings. The first-order chi connectivity index (χ1) is 18.1. The van der Waals surface area contributed by atoms with Crippen LogP contribution in [0.2, 0.25) is 5.02 Å². The van der Waals surface area contributed by atoms with Crippen molar-refractivity contribution >= 4 is 44.2 Å². The van der Waals surface area contributed by atoms with Gasteiger partial charge in [-0.3, -0.25) is 9.59 Å². The molecule has 2 amide bonds. The van der Waals surface area contributed by atoms with Crippen LogP contribution in [0.5, 0.6) is 0 Å². The lowest BCUT2D eigenvalue weighted by molar-refractivity contribution is -0.146. The standard InChI is InChI=1S/C28H39ClN4O4S/c1-5-31(6-2)19-24-9-7-8-15-33(24)27(34)20(3)32-16-14-26(28(32)35)30(4)38(36,37)25-13-11-21-17-23(29)12-10-22(21)18-25/h10-13,17-18,20,24,26H,5-9,14-16,19H2,1-4H3/t20-,24?,26+/m0/s1. The highest BCUT2D eigenvalue weighted by atomic mass is 35.5. The number of sulfonamides is 1. The van der Waals surface area contributed by atoms with Gasteiger partial charge in [-0.2, -0.15) is 4.31 Å². The fourth-order valence-electron chi connectivity index (χ4n) is 5.73. The topological polar surface area (TPSA) is 81.2 Å². The first-order valence-corrected chi connectivity index (χ1v) is 15.4. The number of carbonyl (C=O) groups excluding carboxylic acids is 2. The zero-order valence-electron chi connectivity index (χ0n) is 22.8. The summed E-state index contributed by atoms with van der Waals surface area (Å²) in [5.41, 5.74) is 0. The molecule has 208 valence electrons. The van der Waals surface area contributed by atoms with E-state index >= 15 is 0 Å². The number of benzene rings is 2. The number of piperidine rings is 1. The van der Waals surface area contributed by atoms with Crippen molar-refractivity contribution in [2.75, 3.05) is 39.8 Å². The number of amides is 2. The average molecular weight is 563 g/mol. The van der Waals surface area contributed by atoms with Crippen LogP contribution < -0.4 is 0 Å². The fourth-order valence-corrected chi connectivity index (χ4v) is 7.29. The Hall–Kier alpha value is -2.20. The van der Waals surface area contributed by atoms with Crippen molar-refractivity contribution in [2.45, 2.75) is 69.5 Å². The third kappa shape index (κ3) is 5.71. The molecule has 0 radical (unpaired) electrons. The van der Waals surface area contributed by atoms with Crippen LogP contribution in [0, 0.1) is 0 Å². The van der Waals surface area contributed by atoms with E-state index in [1.54, 1.807) is 48.2 Å². The molecule has 0 bridgehead atoms. The predicted molar refractivity (Wildman–Crippen MR) is 151 cm³/mol. The van der Waals surface area contributed by atoms with Crippen molar-refractivity contribution in [3.05, 3.63) is 41.4 Å². The maximum absolute atomic E-state index is 13.6. The van der Waals surface area contributed by atoms with Gasteiger partial charge in [0.2, 0.25) is 21.8 Å². The quantitative estimate of drug-likeness (QED) is 0.464. The van der Waals surface area contributed by atoms with E-state index in [4.69, 9.17) is 11.6 Å². The molecule has 0 saturated carbocycles. The Bertz CT molecular complexity index is 1280. The third-order valence-corrected chi connectivity index (χ3v) is 10.3. The lowest BCUT2D eigenvalue weighted by Crippen LogP contribution is -2.56. The minimum absolute atomic E-state index is 0.0467. The van der Waals surface area contributed by atoms with Gasteiger partial charge in [-0.15, -0.1) is 0 Å². The van der Waals surface area contributed by atoms with E-state index in [9.17, 15) is 18.0 Å². The molecule has 2 fully saturated rings. The summed E-state index contributed by atoms with van der Waals surface area (Å²) in [4.78, 5) is 33.1. The number of nitrogens with zero attached hydrogens (tertiary/aromatic N) is 4. The van der Waals surface area contributed by atoms with Gasteiger partial charge in [0.15, 0.2) is 0 Å². The molecule has 38 heavy (non-hydrogen) atoms. The van der Waals surface area contributed by atoms with E-state index < -0.39 is 22.1 Å². The molecule has 0 spiro atoms. The fraction of sp³-hybridized carbons (Fsp3) is 0.571. The van der Waals surface area contributed by atoms with Gasteiger partial charge in [-0.05, 0) is 80.7 Å². The number of rotatable bonds is 9. The van der Waals surface area contributed by atoms with Crippen LogP contribution in [0.3, 0.4) is 0 Å². The highest BCUT2D eigenvalue weighted by Gasteiger charge is 2.44. The molecule has 3 atom stereocenters. The Morgan fingerprint density at radius 3 is 2.45 bits per heavy atom. The van der Waals surface area contributed by atoms with Gasteiger partial charge in [0.25, 0.3) is 0 Å². The van der Waals surface area contributed by atoms with Crippen LogP contribution in [0.15, 0.2) is 41.3 Å². The summed E-state index contributed by atoms with van der Waals surface area (Å²) in [7, 11) is -2.47. The van der Waals surface area contributed by atoms with Gasteiger partial charge in [0, 0.05) is 37.7 Å². The maximum Gasteiger partial charge on any atom is 0.245 e. The van der Waals surface area contributed by atoms with E-state index in [0.717, 1.165) is 54.0 Å². The number of likely N-dealkylation sites (N-methyl/N-ethyl adjacent to an activating group) is 2. The van der Waals surface area contributed by atoms with Crippen LogP contribution in [-0.4, -0.2) is 97.1 Å². The second kappa shape index (κ2) is 11.9. The largest absolute Gasteiger partial charge is 0.337 e. The van der Waals surface area contributed by atoms with Gasteiger partial charge in [-0.1, -0.05) is 37.6 Å². The van der Waals surface area contributed by atoms with Crippen LogP contribution >= 0.6 is 11.6 Å². The number of hydrogen-bond donors (Lipinski definition) is 0. The molecule has 0 aliphatic carbocycles. The second-order valence-corrected chi connectivity index (χ2v) is 12.8. The van der Waals surface area contributed by atoms with Crippen molar-refractivity contribution in [1.82, 2.24) is 19.0 Å². The van der Waals surface area contributed by atoms with Crippen LogP contribution in [0.1, 0.15) is 46.5 Å². The van der Waals surface area contributed by atoms with Crippen molar-refractivity contribution in [3.8, 4) is 0 Å². The summed E-state index contributed by atoms with van der Waals surface area (Å²) in [6.45, 7) is 9.77. The summed E-state index contributed by atoms with van der Waals surface area (Å²) < 4.78 is 28.1. The van der Waals surface area contributed by atoms with E-state index in [1.165, 1.54) is 7.05 Å². The van der Waals surface area contributed by atoms with Crippen LogP contribution in [0.25, 0.3) is 10.8 Å². The molecule has 0 N–H and O–H groups in total. The van der Waals surface area contributed by atoms with Gasteiger partial charge in [0.1, 0.15) is 12.1 Å². The Kier molecular flexibility index (Phi) is 9.02. The van der Waals surface area contributed by atoms with Crippen LogP contribution in [0.4, 0.5) is 0 Å². The Morgan fingerprint density at radius 1 is 1.05 bits per heavy atom. The smallest absolute Gasteiger partial charge is 0.245 e. The van der Waals surface area contributed by atoms with Crippen molar-refractivity contribution in [1.29, 1.82) is 0 Å². The molecule has 0 aromatic heterocycles. The minimum atomic E-state index is -3.92. The molecule has 2 heterocycles. The number of halogens is 1. The molecule has 10 heteroatoms. The van der Waals surface area contributed by atoms with Gasteiger partial charge in [0.05, 0.1) is 4.90 Å². The number of hydrogen-bond acceptors (Lipinski definition) is 5. The third-order valence-electron chi connectivity index (χ3n) is 8.20. The van der Waals surface area contributed by atoms with Crippen molar-refractivity contribution in [3.63, 3.8) is 0 Å². The highest BCUT2D eigenvalue weighted by Crippen LogP contribution is 2.29. The summed E-state index contributed by atoms with van der Waals surface area (Å²) in [6, 6.07) is 8.80. The first kappa shape index (κ1) is 28.8. The lowest BCUT2D eigenvalue weighted by Gasteiger charge is -2.41. The van der Waals surface area contributed by atoms with Gasteiger partial charge in [-0.25, -0.2) is 8.42 Å². The predicted octanol–water partition coefficient (Wildman–Crippen LogP) is 3.83. The average Bonchev–Trinajstić information content (AvgIpc) is 3.30. The summed E-state index contributed by atoms with van der Waals surface area (Å²) in [5, 5.41) is 2.17. The van der Waals surface area contributed by atoms with Gasteiger partial charge >= 0.3 is 0 Å². The Labute approximate surface area is 231 Å². The minimum Gasteiger partial charge on any atom is -0.337 e. The Morgan fingerprint density at radius 2 is 1.74 bits per heavy atom. The normalized spacial score (nSPS) is 21.6. The first-order valence-electron chi connectivity index (χ1n) is 13.6. The summed E-state index contributed by atoms with van der Waals surface area (Å²) in [5.74, 6) is -0.364. The second-order valence-electron chi connectivity index (χ2n) is 10.4. The maximum atomic E-state index is 13.6. The van der Waals surface area contributed by atoms with Crippen LogP contribution in [-0.2, 0) is 19.6 Å². The molecule has 8 nitrogen and oxygen atoms in total. The molecular formula is C28H39ClN4O4S. The molecule has 2 aromatic carbocycles. The zero-order valence-corrected chi connectivity index (χ0v) is 24.3. The van der Waals surface area contributed by atoms with E-state index in [0.29, 0.717) is 24.5 Å². The highest BCUT2D eigenvalue weighted by molar-refractivity contribution is 7.89. The number of fused-ring (bicyclic) bond motifs is 1. The molecule has 4 rings (SSSR count). The summed E-state index contributed by atoms with van der Waals surface area (Å²) >= 11 is 6.06.